The number of azide groups is 1. The number of nitrogen functional groups attached to an aromatic ring is 1. The van der Waals surface area contributed by atoms with Crippen LogP contribution in [-0.4, -0.2) is 17.6 Å². The van der Waals surface area contributed by atoms with E-state index in [-0.39, 0.29) is 22.8 Å². The first-order valence-corrected chi connectivity index (χ1v) is 4.93. The van der Waals surface area contributed by atoms with Crippen LogP contribution in [0.5, 0.6) is 0 Å². The Kier molecular flexibility index (Phi) is 4.39. The molecule has 6 nitrogen and oxygen atoms in total. The molecule has 1 aromatic carbocycles. The van der Waals surface area contributed by atoms with E-state index in [9.17, 15) is 4.79 Å². The van der Waals surface area contributed by atoms with E-state index in [1.807, 2.05) is 0 Å². The van der Waals surface area contributed by atoms with Crippen molar-refractivity contribution in [1.82, 2.24) is 0 Å². The van der Waals surface area contributed by atoms with Crippen molar-refractivity contribution in [2.24, 2.45) is 5.11 Å². The van der Waals surface area contributed by atoms with Gasteiger partial charge in [-0.1, -0.05) is 28.9 Å². The fraction of sp³-hybridized carbons (Fsp3) is 0.100. The molecule has 17 heavy (non-hydrogen) atoms. The Bertz CT molecular complexity index is 521. The topological polar surface area (TPSA) is 112 Å². The molecule has 0 bridgehead atoms. The van der Waals surface area contributed by atoms with E-state index in [1.165, 1.54) is 12.1 Å². The number of rotatable bonds is 4. The van der Waals surface area contributed by atoms with Gasteiger partial charge >= 0.3 is 5.97 Å². The molecule has 0 amide bonds. The molecule has 0 radical (unpaired) electrons. The summed E-state index contributed by atoms with van der Waals surface area (Å²) in [5.74, 6) is -1.14. The lowest BCUT2D eigenvalue weighted by Crippen LogP contribution is -2.04. The lowest BCUT2D eigenvalue weighted by atomic mass is 10.1. The Morgan fingerprint density at radius 1 is 1.65 bits per heavy atom. The molecule has 0 aromatic heterocycles. The minimum atomic E-state index is -1.14. The van der Waals surface area contributed by atoms with Gasteiger partial charge in [0.2, 0.25) is 0 Å². The van der Waals surface area contributed by atoms with E-state index < -0.39 is 5.97 Å². The summed E-state index contributed by atoms with van der Waals surface area (Å²) >= 11 is 5.77. The number of halogens is 1. The molecule has 1 rings (SSSR count). The predicted octanol–water partition coefficient (Wildman–Crippen LogP) is 2.94. The van der Waals surface area contributed by atoms with Crippen molar-refractivity contribution in [2.75, 3.05) is 12.3 Å². The summed E-state index contributed by atoms with van der Waals surface area (Å²) in [4.78, 5) is 13.4. The summed E-state index contributed by atoms with van der Waals surface area (Å²) < 4.78 is 0. The Morgan fingerprint density at radius 3 is 2.94 bits per heavy atom. The van der Waals surface area contributed by atoms with E-state index in [4.69, 9.17) is 28.0 Å². The van der Waals surface area contributed by atoms with Gasteiger partial charge in [-0.2, -0.15) is 0 Å². The van der Waals surface area contributed by atoms with Gasteiger partial charge in [0, 0.05) is 16.5 Å². The van der Waals surface area contributed by atoms with Crippen molar-refractivity contribution in [3.8, 4) is 0 Å². The van der Waals surface area contributed by atoms with Crippen molar-refractivity contribution < 1.29 is 9.90 Å². The molecule has 88 valence electrons. The van der Waals surface area contributed by atoms with Gasteiger partial charge in [0.25, 0.3) is 0 Å². The van der Waals surface area contributed by atoms with E-state index in [1.54, 1.807) is 12.2 Å². The monoisotopic (exact) mass is 252 g/mol. The zero-order valence-electron chi connectivity index (χ0n) is 8.67. The molecule has 0 saturated carbocycles. The van der Waals surface area contributed by atoms with Crippen molar-refractivity contribution in [3.05, 3.63) is 44.8 Å². The molecule has 0 spiro atoms. The quantitative estimate of drug-likeness (QED) is 0.372. The fourth-order valence-corrected chi connectivity index (χ4v) is 1.44. The first-order valence-electron chi connectivity index (χ1n) is 4.56. The van der Waals surface area contributed by atoms with Crippen molar-refractivity contribution >= 4 is 29.3 Å². The first-order chi connectivity index (χ1) is 8.06. The van der Waals surface area contributed by atoms with Crippen LogP contribution in [0.15, 0.2) is 23.3 Å². The molecule has 0 aliphatic heterocycles. The fourth-order valence-electron chi connectivity index (χ4n) is 1.22. The van der Waals surface area contributed by atoms with Crippen LogP contribution in [0.3, 0.4) is 0 Å². The molecule has 0 atom stereocenters. The van der Waals surface area contributed by atoms with Crippen molar-refractivity contribution in [3.63, 3.8) is 0 Å². The van der Waals surface area contributed by atoms with Gasteiger partial charge in [0.05, 0.1) is 11.3 Å². The summed E-state index contributed by atoms with van der Waals surface area (Å²) in [6.07, 6.45) is 3.12. The number of nitrogens with zero attached hydrogens (tertiary/aromatic N) is 3. The maximum absolute atomic E-state index is 10.9. The highest BCUT2D eigenvalue weighted by Crippen LogP contribution is 2.24. The SMILES string of the molecule is [N-]=[N+]=NCC=Cc1cc(Cl)cc(C(=O)O)c1N. The van der Waals surface area contributed by atoms with Crippen molar-refractivity contribution in [1.29, 1.82) is 0 Å². The van der Waals surface area contributed by atoms with Crippen LogP contribution in [0.2, 0.25) is 5.02 Å². The minimum absolute atomic E-state index is 0.0547. The number of carboxylic acids is 1. The van der Waals surface area contributed by atoms with Crippen LogP contribution in [0.1, 0.15) is 15.9 Å². The third kappa shape index (κ3) is 3.41. The van der Waals surface area contributed by atoms with Crippen LogP contribution >= 0.6 is 11.6 Å². The molecule has 1 aromatic rings. The summed E-state index contributed by atoms with van der Waals surface area (Å²) in [5.41, 5.74) is 14.3. The number of benzene rings is 1. The van der Waals surface area contributed by atoms with Gasteiger partial charge in [0.1, 0.15) is 0 Å². The molecular weight excluding hydrogens is 244 g/mol. The second-order valence-corrected chi connectivity index (χ2v) is 3.51. The highest BCUT2D eigenvalue weighted by atomic mass is 35.5. The predicted molar refractivity (Wildman–Crippen MR) is 65.9 cm³/mol. The Hall–Kier alpha value is -2.17. The Balaban J connectivity index is 3.11. The molecular formula is C10H9ClN4O2. The number of nitrogens with two attached hydrogens (primary N) is 1. The van der Waals surface area contributed by atoms with Gasteiger partial charge in [-0.25, -0.2) is 4.79 Å². The number of aromatic carboxylic acids is 1. The third-order valence-electron chi connectivity index (χ3n) is 1.95. The molecule has 0 unspecified atom stereocenters. The zero-order valence-corrected chi connectivity index (χ0v) is 9.42. The second kappa shape index (κ2) is 5.79. The van der Waals surface area contributed by atoms with Gasteiger partial charge in [0.15, 0.2) is 0 Å². The molecule has 0 heterocycles. The maximum atomic E-state index is 10.9. The van der Waals surface area contributed by atoms with Gasteiger partial charge in [-0.3, -0.25) is 0 Å². The highest BCUT2D eigenvalue weighted by molar-refractivity contribution is 6.31. The minimum Gasteiger partial charge on any atom is -0.478 e. The number of anilines is 1. The summed E-state index contributed by atoms with van der Waals surface area (Å²) in [7, 11) is 0. The number of carboxylic acid groups (broad SMARTS) is 1. The highest BCUT2D eigenvalue weighted by Gasteiger charge is 2.11. The molecule has 3 N–H and O–H groups in total. The average Bonchev–Trinajstić information content (AvgIpc) is 2.28. The van der Waals surface area contributed by atoms with E-state index >= 15 is 0 Å². The second-order valence-electron chi connectivity index (χ2n) is 3.08. The summed E-state index contributed by atoms with van der Waals surface area (Å²) in [5, 5.41) is 12.5. The molecule has 7 heteroatoms. The van der Waals surface area contributed by atoms with Crippen molar-refractivity contribution in [2.45, 2.75) is 0 Å². The number of hydrogen-bond acceptors (Lipinski definition) is 3. The number of hydrogen-bond donors (Lipinski definition) is 2. The van der Waals surface area contributed by atoms with Crippen LogP contribution in [-0.2, 0) is 0 Å². The van der Waals surface area contributed by atoms with Crippen LogP contribution in [0.25, 0.3) is 16.5 Å². The van der Waals surface area contributed by atoms with Crippen LogP contribution < -0.4 is 5.73 Å². The molecule has 0 fully saturated rings. The first kappa shape index (κ1) is 12.9. The standard InChI is InChI=1S/C10H9ClN4O2/c11-7-4-6(2-1-3-14-15-13)9(12)8(5-7)10(16)17/h1-2,4-5H,3,12H2,(H,16,17). The average molecular weight is 253 g/mol. The van der Waals surface area contributed by atoms with Gasteiger partial charge < -0.3 is 10.8 Å². The zero-order chi connectivity index (χ0) is 12.8. The van der Waals surface area contributed by atoms with Gasteiger partial charge in [-0.05, 0) is 23.2 Å². The molecule has 0 aliphatic rings. The molecule has 0 saturated heterocycles. The lowest BCUT2D eigenvalue weighted by molar-refractivity contribution is 0.0698. The van der Waals surface area contributed by atoms with E-state index in [0.717, 1.165) is 0 Å². The van der Waals surface area contributed by atoms with E-state index in [2.05, 4.69) is 10.0 Å². The largest absolute Gasteiger partial charge is 0.478 e. The summed E-state index contributed by atoms with van der Waals surface area (Å²) in [6, 6.07) is 2.82. The molecule has 0 aliphatic carbocycles. The normalized spacial score (nSPS) is 10.2. The number of carbonyl (C=O) groups is 1. The maximum Gasteiger partial charge on any atom is 0.337 e. The van der Waals surface area contributed by atoms with E-state index in [0.29, 0.717) is 5.56 Å². The lowest BCUT2D eigenvalue weighted by Gasteiger charge is -2.05. The Labute approximate surface area is 102 Å². The van der Waals surface area contributed by atoms with Gasteiger partial charge in [-0.15, -0.1) is 0 Å². The third-order valence-corrected chi connectivity index (χ3v) is 2.17. The van der Waals surface area contributed by atoms with Crippen LogP contribution in [0.4, 0.5) is 5.69 Å². The smallest absolute Gasteiger partial charge is 0.337 e. The Morgan fingerprint density at radius 2 is 2.35 bits per heavy atom. The summed E-state index contributed by atoms with van der Waals surface area (Å²) in [6.45, 7) is 0.158. The van der Waals surface area contributed by atoms with Crippen LogP contribution in [0, 0.1) is 0 Å².